The summed E-state index contributed by atoms with van der Waals surface area (Å²) in [7, 11) is 0. The van der Waals surface area contributed by atoms with Crippen LogP contribution in [0.5, 0.6) is 0 Å². The van der Waals surface area contributed by atoms with Crippen LogP contribution in [-0.4, -0.2) is 24.5 Å². The van der Waals surface area contributed by atoms with Crippen molar-refractivity contribution in [3.05, 3.63) is 0 Å². The fourth-order valence-corrected chi connectivity index (χ4v) is 6.50. The van der Waals surface area contributed by atoms with Gasteiger partial charge in [0.25, 0.3) is 0 Å². The number of ether oxygens (including phenoxy) is 2. The average Bonchev–Trinajstić information content (AvgIpc) is 3.21. The summed E-state index contributed by atoms with van der Waals surface area (Å²) in [6.07, 6.45) is 2.13. The van der Waals surface area contributed by atoms with Crippen molar-refractivity contribution in [2.45, 2.75) is 47.0 Å². The van der Waals surface area contributed by atoms with E-state index in [4.69, 9.17) is 9.47 Å². The number of carbonyl (C=O) groups excluding carboxylic acids is 3. The fraction of sp³-hybridized carbons (Fsp3) is 0.850. The molecule has 0 aromatic heterocycles. The molecule has 2 aliphatic heterocycles. The predicted octanol–water partition coefficient (Wildman–Crippen LogP) is 2.82. The molecule has 9 atom stereocenters. The zero-order chi connectivity index (χ0) is 18.1. The highest BCUT2D eigenvalue weighted by Crippen LogP contribution is 2.62. The molecule has 2 saturated carbocycles. The lowest BCUT2D eigenvalue weighted by Crippen LogP contribution is -2.41. The minimum absolute atomic E-state index is 0.196. The molecule has 4 aliphatic rings. The van der Waals surface area contributed by atoms with Crippen LogP contribution >= 0.6 is 0 Å². The molecule has 4 fully saturated rings. The number of fused-ring (bicyclic) bond motifs is 2. The van der Waals surface area contributed by atoms with Crippen molar-refractivity contribution < 1.29 is 23.9 Å². The lowest BCUT2D eigenvalue weighted by molar-refractivity contribution is -0.154. The van der Waals surface area contributed by atoms with Crippen LogP contribution in [0.15, 0.2) is 0 Å². The van der Waals surface area contributed by atoms with Gasteiger partial charge >= 0.3 is 17.9 Å². The van der Waals surface area contributed by atoms with E-state index >= 15 is 0 Å². The maximum Gasteiger partial charge on any atom is 0.317 e. The molecule has 138 valence electrons. The van der Waals surface area contributed by atoms with Crippen molar-refractivity contribution in [3.63, 3.8) is 0 Å². The summed E-state index contributed by atoms with van der Waals surface area (Å²) >= 11 is 0. The molecule has 0 radical (unpaired) electrons. The molecule has 0 N–H and O–H groups in total. The van der Waals surface area contributed by atoms with Gasteiger partial charge in [0.1, 0.15) is 0 Å². The van der Waals surface area contributed by atoms with Gasteiger partial charge in [0.15, 0.2) is 0 Å². The van der Waals surface area contributed by atoms with Crippen molar-refractivity contribution in [1.29, 1.82) is 0 Å². The standard InChI is InChI=1S/C20H28O5/c1-9-10(2)13-7-12(9)11(3)15(13)16-14(17(21)25-18(16)22)8-20(4)5-6-24-19(20)23/h9-16H,5-8H2,1-4H3. The van der Waals surface area contributed by atoms with Gasteiger partial charge < -0.3 is 9.47 Å². The zero-order valence-electron chi connectivity index (χ0n) is 15.5. The van der Waals surface area contributed by atoms with Gasteiger partial charge in [-0.15, -0.1) is 0 Å². The largest absolute Gasteiger partial charge is 0.465 e. The zero-order valence-corrected chi connectivity index (χ0v) is 15.5. The van der Waals surface area contributed by atoms with E-state index in [2.05, 4.69) is 20.8 Å². The number of carbonyl (C=O) groups is 3. The van der Waals surface area contributed by atoms with E-state index in [1.54, 1.807) is 0 Å². The van der Waals surface area contributed by atoms with Crippen molar-refractivity contribution in [2.24, 2.45) is 52.8 Å². The van der Waals surface area contributed by atoms with Crippen LogP contribution in [-0.2, 0) is 23.9 Å². The van der Waals surface area contributed by atoms with Gasteiger partial charge in [-0.1, -0.05) is 20.8 Å². The van der Waals surface area contributed by atoms with Gasteiger partial charge in [0, 0.05) is 0 Å². The summed E-state index contributed by atoms with van der Waals surface area (Å²) in [6, 6.07) is 0. The van der Waals surface area contributed by atoms with E-state index in [1.165, 1.54) is 0 Å². The second kappa shape index (κ2) is 5.55. The quantitative estimate of drug-likeness (QED) is 0.579. The summed E-state index contributed by atoms with van der Waals surface area (Å²) in [6.45, 7) is 9.07. The molecule has 9 unspecified atom stereocenters. The van der Waals surface area contributed by atoms with Crippen molar-refractivity contribution in [3.8, 4) is 0 Å². The van der Waals surface area contributed by atoms with Gasteiger partial charge in [0.05, 0.1) is 23.9 Å². The Bertz CT molecular complexity index is 628. The summed E-state index contributed by atoms with van der Waals surface area (Å²) < 4.78 is 10.2. The summed E-state index contributed by atoms with van der Waals surface area (Å²) in [5.41, 5.74) is -0.674. The van der Waals surface area contributed by atoms with Crippen LogP contribution in [0.4, 0.5) is 0 Å². The number of hydrogen-bond acceptors (Lipinski definition) is 5. The second-order valence-electron chi connectivity index (χ2n) is 9.24. The third-order valence-corrected chi connectivity index (χ3v) is 8.18. The molecule has 0 aromatic carbocycles. The first-order chi connectivity index (χ1) is 11.7. The molecule has 2 heterocycles. The summed E-state index contributed by atoms with van der Waals surface area (Å²) in [5, 5.41) is 0. The van der Waals surface area contributed by atoms with Crippen molar-refractivity contribution in [2.75, 3.05) is 6.61 Å². The van der Waals surface area contributed by atoms with Crippen molar-refractivity contribution in [1.82, 2.24) is 0 Å². The molecule has 5 nitrogen and oxygen atoms in total. The number of cyclic esters (lactones) is 3. The van der Waals surface area contributed by atoms with Crippen LogP contribution in [0.1, 0.15) is 47.0 Å². The Morgan fingerprint density at radius 3 is 2.28 bits per heavy atom. The SMILES string of the molecule is CC1C(C)C2CC1C(C)C2C1C(=O)OC(=O)C1CC1(C)CCOC1=O. The lowest BCUT2D eigenvalue weighted by Gasteiger charge is -2.40. The summed E-state index contributed by atoms with van der Waals surface area (Å²) in [5.74, 6) is 1.02. The molecular weight excluding hydrogens is 320 g/mol. The number of rotatable bonds is 3. The highest BCUT2D eigenvalue weighted by atomic mass is 16.6. The average molecular weight is 348 g/mol. The summed E-state index contributed by atoms with van der Waals surface area (Å²) in [4.78, 5) is 37.2. The minimum Gasteiger partial charge on any atom is -0.465 e. The van der Waals surface area contributed by atoms with E-state index < -0.39 is 23.2 Å². The van der Waals surface area contributed by atoms with E-state index in [1.807, 2.05) is 6.92 Å². The Balaban J connectivity index is 1.62. The smallest absolute Gasteiger partial charge is 0.317 e. The van der Waals surface area contributed by atoms with Crippen LogP contribution in [0.2, 0.25) is 0 Å². The van der Waals surface area contributed by atoms with E-state index in [0.29, 0.717) is 49.0 Å². The highest BCUT2D eigenvalue weighted by Gasteiger charge is 2.62. The van der Waals surface area contributed by atoms with Crippen LogP contribution in [0.3, 0.4) is 0 Å². The van der Waals surface area contributed by atoms with Crippen LogP contribution in [0.25, 0.3) is 0 Å². The van der Waals surface area contributed by atoms with E-state index in [9.17, 15) is 14.4 Å². The Kier molecular flexibility index (Phi) is 3.79. The van der Waals surface area contributed by atoms with Gasteiger partial charge in [-0.25, -0.2) is 0 Å². The van der Waals surface area contributed by atoms with Gasteiger partial charge in [-0.3, -0.25) is 14.4 Å². The molecular formula is C20H28O5. The third-order valence-electron chi connectivity index (χ3n) is 8.18. The van der Waals surface area contributed by atoms with E-state index in [0.717, 1.165) is 6.42 Å². The molecule has 0 aromatic rings. The van der Waals surface area contributed by atoms with Gasteiger partial charge in [0.2, 0.25) is 0 Å². The minimum atomic E-state index is -0.674. The molecule has 0 spiro atoms. The molecule has 2 aliphatic carbocycles. The first-order valence-corrected chi connectivity index (χ1v) is 9.67. The van der Waals surface area contributed by atoms with Gasteiger partial charge in [-0.05, 0) is 61.7 Å². The first-order valence-electron chi connectivity index (χ1n) is 9.67. The lowest BCUT2D eigenvalue weighted by atomic mass is 9.62. The number of esters is 3. The van der Waals surface area contributed by atoms with Crippen molar-refractivity contribution >= 4 is 17.9 Å². The Morgan fingerprint density at radius 1 is 1.00 bits per heavy atom. The molecule has 4 rings (SSSR count). The normalized spacial score (nSPS) is 51.9. The maximum absolute atomic E-state index is 12.6. The molecule has 2 bridgehead atoms. The third kappa shape index (κ3) is 2.30. The van der Waals surface area contributed by atoms with Crippen LogP contribution in [0, 0.1) is 52.8 Å². The second-order valence-corrected chi connectivity index (χ2v) is 9.24. The van der Waals surface area contributed by atoms with Crippen LogP contribution < -0.4 is 0 Å². The molecule has 5 heteroatoms. The Hall–Kier alpha value is -1.39. The van der Waals surface area contributed by atoms with Gasteiger partial charge in [-0.2, -0.15) is 0 Å². The monoisotopic (exact) mass is 348 g/mol. The first kappa shape index (κ1) is 17.0. The topological polar surface area (TPSA) is 69.7 Å². The fourth-order valence-electron chi connectivity index (χ4n) is 6.50. The molecule has 25 heavy (non-hydrogen) atoms. The molecule has 2 saturated heterocycles. The maximum atomic E-state index is 12.6. The molecule has 0 amide bonds. The Labute approximate surface area is 148 Å². The number of hydrogen-bond donors (Lipinski definition) is 0. The highest BCUT2D eigenvalue weighted by molar-refractivity contribution is 5.97. The van der Waals surface area contributed by atoms with E-state index in [-0.39, 0.29) is 17.9 Å². The predicted molar refractivity (Wildman–Crippen MR) is 89.0 cm³/mol. The Morgan fingerprint density at radius 2 is 1.68 bits per heavy atom.